The lowest BCUT2D eigenvalue weighted by Gasteiger charge is -2.32. The topological polar surface area (TPSA) is 53.6 Å². The maximum Gasteiger partial charge on any atom is 0.315 e. The standard InChI is InChI=1S/C20H29N3O2/c1-15(2)14-23-11-8-17(9-12-23)21-20(24)22-18-10-13-25-19(18)16-6-4-3-5-7-16/h3-7,17-19H,1,8-14H2,2H3,(H2,21,22,24)/t18-,19+/m1/s1. The molecule has 2 N–H and O–H groups in total. The van der Waals surface area contributed by atoms with Gasteiger partial charge >= 0.3 is 6.03 Å². The van der Waals surface area contributed by atoms with Crippen LogP contribution in [0.3, 0.4) is 0 Å². The van der Waals surface area contributed by atoms with Gasteiger partial charge in [0, 0.05) is 32.3 Å². The van der Waals surface area contributed by atoms with Crippen LogP contribution in [0.25, 0.3) is 0 Å². The molecule has 2 aliphatic heterocycles. The van der Waals surface area contributed by atoms with E-state index in [1.165, 1.54) is 5.57 Å². The molecule has 0 saturated carbocycles. The minimum absolute atomic E-state index is 0.0332. The average Bonchev–Trinajstić information content (AvgIpc) is 3.05. The molecule has 1 aromatic rings. The van der Waals surface area contributed by atoms with Crippen molar-refractivity contribution >= 4 is 6.03 Å². The van der Waals surface area contributed by atoms with Crippen molar-refractivity contribution in [2.45, 2.75) is 44.4 Å². The van der Waals surface area contributed by atoms with Gasteiger partial charge in [0.05, 0.1) is 6.04 Å². The quantitative estimate of drug-likeness (QED) is 0.809. The van der Waals surface area contributed by atoms with E-state index in [4.69, 9.17) is 4.74 Å². The van der Waals surface area contributed by atoms with Crippen LogP contribution in [0, 0.1) is 0 Å². The van der Waals surface area contributed by atoms with Gasteiger partial charge in [0.15, 0.2) is 0 Å². The van der Waals surface area contributed by atoms with Crippen LogP contribution >= 0.6 is 0 Å². The first kappa shape index (κ1) is 18.0. The molecule has 136 valence electrons. The van der Waals surface area contributed by atoms with Gasteiger partial charge in [-0.15, -0.1) is 0 Å². The van der Waals surface area contributed by atoms with Gasteiger partial charge in [-0.3, -0.25) is 4.90 Å². The Hall–Kier alpha value is -1.85. The molecule has 0 unspecified atom stereocenters. The Kier molecular flexibility index (Phi) is 6.10. The normalized spacial score (nSPS) is 24.8. The number of piperidine rings is 1. The second kappa shape index (κ2) is 8.50. The van der Waals surface area contributed by atoms with Crippen LogP contribution in [-0.2, 0) is 4.74 Å². The first-order valence-electron chi connectivity index (χ1n) is 9.22. The molecule has 2 saturated heterocycles. The number of urea groups is 1. The molecule has 5 nitrogen and oxygen atoms in total. The number of likely N-dealkylation sites (tertiary alicyclic amines) is 1. The fourth-order valence-corrected chi connectivity index (χ4v) is 3.72. The van der Waals surface area contributed by atoms with Crippen molar-refractivity contribution in [3.8, 4) is 0 Å². The minimum atomic E-state index is -0.0743. The highest BCUT2D eigenvalue weighted by molar-refractivity contribution is 5.74. The Morgan fingerprint density at radius 2 is 1.92 bits per heavy atom. The fraction of sp³-hybridized carbons (Fsp3) is 0.550. The molecular weight excluding hydrogens is 314 g/mol. The van der Waals surface area contributed by atoms with Crippen LogP contribution in [0.1, 0.15) is 37.9 Å². The first-order valence-corrected chi connectivity index (χ1v) is 9.22. The summed E-state index contributed by atoms with van der Waals surface area (Å²) in [5.41, 5.74) is 2.32. The summed E-state index contributed by atoms with van der Waals surface area (Å²) in [5, 5.41) is 6.25. The molecule has 2 atom stereocenters. The van der Waals surface area contributed by atoms with Crippen molar-refractivity contribution < 1.29 is 9.53 Å². The Labute approximate surface area is 150 Å². The third-order valence-electron chi connectivity index (χ3n) is 4.95. The van der Waals surface area contributed by atoms with Crippen molar-refractivity contribution in [3.05, 3.63) is 48.0 Å². The maximum absolute atomic E-state index is 12.4. The van der Waals surface area contributed by atoms with Crippen molar-refractivity contribution in [3.63, 3.8) is 0 Å². The first-order chi connectivity index (χ1) is 12.1. The van der Waals surface area contributed by atoms with Gasteiger partial charge in [-0.25, -0.2) is 4.79 Å². The van der Waals surface area contributed by atoms with Crippen LogP contribution < -0.4 is 10.6 Å². The average molecular weight is 343 g/mol. The zero-order chi connectivity index (χ0) is 17.6. The predicted molar refractivity (Wildman–Crippen MR) is 99.5 cm³/mol. The highest BCUT2D eigenvalue weighted by Crippen LogP contribution is 2.28. The van der Waals surface area contributed by atoms with E-state index in [0.717, 1.165) is 44.5 Å². The lowest BCUT2D eigenvalue weighted by molar-refractivity contribution is 0.0996. The van der Waals surface area contributed by atoms with Crippen molar-refractivity contribution in [2.75, 3.05) is 26.2 Å². The van der Waals surface area contributed by atoms with Crippen molar-refractivity contribution in [1.29, 1.82) is 0 Å². The number of hydrogen-bond donors (Lipinski definition) is 2. The zero-order valence-corrected chi connectivity index (χ0v) is 15.0. The third-order valence-corrected chi connectivity index (χ3v) is 4.95. The number of hydrogen-bond acceptors (Lipinski definition) is 3. The molecule has 2 amide bonds. The molecular formula is C20H29N3O2. The second-order valence-electron chi connectivity index (χ2n) is 7.22. The van der Waals surface area contributed by atoms with E-state index in [0.29, 0.717) is 6.61 Å². The molecule has 1 aromatic carbocycles. The second-order valence-corrected chi connectivity index (χ2v) is 7.22. The van der Waals surface area contributed by atoms with E-state index in [9.17, 15) is 4.79 Å². The summed E-state index contributed by atoms with van der Waals surface area (Å²) in [4.78, 5) is 14.8. The summed E-state index contributed by atoms with van der Waals surface area (Å²) in [6.45, 7) is 9.69. The smallest absolute Gasteiger partial charge is 0.315 e. The van der Waals surface area contributed by atoms with Crippen LogP contribution in [0.2, 0.25) is 0 Å². The Bertz CT molecular complexity index is 582. The van der Waals surface area contributed by atoms with Crippen molar-refractivity contribution in [1.82, 2.24) is 15.5 Å². The number of nitrogens with zero attached hydrogens (tertiary/aromatic N) is 1. The van der Waals surface area contributed by atoms with Crippen LogP contribution in [-0.4, -0.2) is 49.3 Å². The fourth-order valence-electron chi connectivity index (χ4n) is 3.72. The molecule has 2 fully saturated rings. The lowest BCUT2D eigenvalue weighted by atomic mass is 10.0. The molecule has 0 aromatic heterocycles. The van der Waals surface area contributed by atoms with Gasteiger partial charge in [-0.2, -0.15) is 0 Å². The Morgan fingerprint density at radius 1 is 1.20 bits per heavy atom. The van der Waals surface area contributed by atoms with Crippen LogP contribution in [0.4, 0.5) is 4.79 Å². The molecule has 0 bridgehead atoms. The molecule has 0 aliphatic carbocycles. The Morgan fingerprint density at radius 3 is 2.60 bits per heavy atom. The summed E-state index contributed by atoms with van der Waals surface area (Å²) < 4.78 is 5.84. The number of carbonyl (C=O) groups is 1. The summed E-state index contributed by atoms with van der Waals surface area (Å²) in [5.74, 6) is 0. The van der Waals surface area contributed by atoms with E-state index >= 15 is 0 Å². The number of benzene rings is 1. The SMILES string of the molecule is C=C(C)CN1CCC(NC(=O)N[C@@H]2CCO[C@H]2c2ccccc2)CC1. The molecule has 2 aliphatic rings. The van der Waals surface area contributed by atoms with Gasteiger partial charge in [0.2, 0.25) is 0 Å². The number of nitrogens with one attached hydrogen (secondary N) is 2. The van der Waals surface area contributed by atoms with Gasteiger partial charge in [-0.1, -0.05) is 42.5 Å². The van der Waals surface area contributed by atoms with Crippen molar-refractivity contribution in [2.24, 2.45) is 0 Å². The summed E-state index contributed by atoms with van der Waals surface area (Å²) in [7, 11) is 0. The summed E-state index contributed by atoms with van der Waals surface area (Å²) in [6.07, 6.45) is 2.78. The molecule has 0 radical (unpaired) electrons. The molecule has 3 rings (SSSR count). The van der Waals surface area contributed by atoms with Crippen LogP contribution in [0.15, 0.2) is 42.5 Å². The molecule has 0 spiro atoms. The summed E-state index contributed by atoms with van der Waals surface area (Å²) in [6, 6.07) is 10.3. The van der Waals surface area contributed by atoms with Gasteiger partial charge in [0.25, 0.3) is 0 Å². The van der Waals surface area contributed by atoms with Crippen LogP contribution in [0.5, 0.6) is 0 Å². The van der Waals surface area contributed by atoms with E-state index in [1.807, 2.05) is 18.2 Å². The number of carbonyl (C=O) groups excluding carboxylic acids is 1. The monoisotopic (exact) mass is 343 g/mol. The molecule has 2 heterocycles. The minimum Gasteiger partial charge on any atom is -0.371 e. The molecule has 5 heteroatoms. The largest absolute Gasteiger partial charge is 0.371 e. The van der Waals surface area contributed by atoms with E-state index in [1.54, 1.807) is 0 Å². The predicted octanol–water partition coefficient (Wildman–Crippen LogP) is 2.86. The van der Waals surface area contributed by atoms with E-state index in [-0.39, 0.29) is 24.2 Å². The number of rotatable bonds is 5. The van der Waals surface area contributed by atoms with Gasteiger partial charge in [-0.05, 0) is 31.7 Å². The van der Waals surface area contributed by atoms with Gasteiger partial charge in [0.1, 0.15) is 6.10 Å². The van der Waals surface area contributed by atoms with E-state index < -0.39 is 0 Å². The van der Waals surface area contributed by atoms with Gasteiger partial charge < -0.3 is 15.4 Å². The number of amides is 2. The lowest BCUT2D eigenvalue weighted by Crippen LogP contribution is -2.50. The molecule has 25 heavy (non-hydrogen) atoms. The van der Waals surface area contributed by atoms with E-state index in [2.05, 4.69) is 41.2 Å². The maximum atomic E-state index is 12.4. The third kappa shape index (κ3) is 5.06. The highest BCUT2D eigenvalue weighted by Gasteiger charge is 2.31. The Balaban J connectivity index is 1.46. The number of ether oxygens (including phenoxy) is 1. The summed E-state index contributed by atoms with van der Waals surface area (Å²) >= 11 is 0. The highest BCUT2D eigenvalue weighted by atomic mass is 16.5. The zero-order valence-electron chi connectivity index (χ0n) is 15.0.